The van der Waals surface area contributed by atoms with E-state index in [4.69, 9.17) is 18.9 Å². The second-order valence-electron chi connectivity index (χ2n) is 6.02. The van der Waals surface area contributed by atoms with Crippen molar-refractivity contribution in [1.29, 1.82) is 0 Å². The van der Waals surface area contributed by atoms with Gasteiger partial charge in [-0.25, -0.2) is 0 Å². The van der Waals surface area contributed by atoms with E-state index in [1.54, 1.807) is 0 Å². The van der Waals surface area contributed by atoms with Gasteiger partial charge in [-0.15, -0.1) is 0 Å². The van der Waals surface area contributed by atoms with Gasteiger partial charge in [-0.05, 0) is 25.7 Å². The summed E-state index contributed by atoms with van der Waals surface area (Å²) in [7, 11) is 0. The number of carbonyl (C=O) groups excluding carboxylic acids is 1. The maximum atomic E-state index is 12.1. The number of hydrogen-bond acceptors (Lipinski definition) is 5. The first-order chi connectivity index (χ1) is 12.8. The van der Waals surface area contributed by atoms with Crippen LogP contribution in [0.2, 0.25) is 0 Å². The summed E-state index contributed by atoms with van der Waals surface area (Å²) in [5.74, 6) is 1.01. The smallest absolute Gasteiger partial charge is 0.224 e. The third-order valence-electron chi connectivity index (χ3n) is 4.33. The molecule has 0 saturated carbocycles. The van der Waals surface area contributed by atoms with Gasteiger partial charge in [0.05, 0.1) is 52.7 Å². The Kier molecular flexibility index (Phi) is 18.6. The van der Waals surface area contributed by atoms with Crippen LogP contribution >= 0.6 is 0 Å². The van der Waals surface area contributed by atoms with Gasteiger partial charge in [-0.1, -0.05) is 27.2 Å². The van der Waals surface area contributed by atoms with Crippen LogP contribution in [0.3, 0.4) is 0 Å². The Morgan fingerprint density at radius 1 is 0.808 bits per heavy atom. The summed E-state index contributed by atoms with van der Waals surface area (Å²) in [5, 5.41) is 0. The Balaban J connectivity index is 0.00000301. The van der Waals surface area contributed by atoms with Crippen molar-refractivity contribution in [3.8, 4) is 0 Å². The molecule has 0 bridgehead atoms. The SMILES string of the molecule is CC.CCOCCOCCOCCOCCC(=O)N1CCC(CC)CC1. The van der Waals surface area contributed by atoms with E-state index < -0.39 is 0 Å². The predicted octanol–water partition coefficient (Wildman–Crippen LogP) is 3.14. The van der Waals surface area contributed by atoms with E-state index in [0.29, 0.717) is 52.7 Å². The van der Waals surface area contributed by atoms with Crippen molar-refractivity contribution in [2.45, 2.75) is 53.4 Å². The first-order valence-electron chi connectivity index (χ1n) is 10.4. The molecule has 1 rings (SSSR count). The van der Waals surface area contributed by atoms with Crippen molar-refractivity contribution < 1.29 is 23.7 Å². The molecule has 0 unspecified atom stereocenters. The molecule has 6 heteroatoms. The third kappa shape index (κ3) is 13.5. The molecule has 6 nitrogen and oxygen atoms in total. The van der Waals surface area contributed by atoms with E-state index >= 15 is 0 Å². The van der Waals surface area contributed by atoms with Gasteiger partial charge in [0.25, 0.3) is 0 Å². The quantitative estimate of drug-likeness (QED) is 0.437. The molecule has 0 radical (unpaired) electrons. The van der Waals surface area contributed by atoms with E-state index in [1.165, 1.54) is 6.42 Å². The Morgan fingerprint density at radius 3 is 1.73 bits per heavy atom. The number of nitrogens with zero attached hydrogens (tertiary/aromatic N) is 1. The maximum absolute atomic E-state index is 12.1. The molecular weight excluding hydrogens is 334 g/mol. The zero-order valence-corrected chi connectivity index (χ0v) is 17.5. The molecule has 1 amide bonds. The molecule has 26 heavy (non-hydrogen) atoms. The highest BCUT2D eigenvalue weighted by atomic mass is 16.6. The van der Waals surface area contributed by atoms with Gasteiger partial charge in [0.1, 0.15) is 0 Å². The number of ether oxygens (including phenoxy) is 4. The molecule has 156 valence electrons. The minimum absolute atomic E-state index is 0.216. The zero-order valence-electron chi connectivity index (χ0n) is 17.5. The average molecular weight is 376 g/mol. The van der Waals surface area contributed by atoms with Crippen LogP contribution in [0.25, 0.3) is 0 Å². The molecule has 1 heterocycles. The van der Waals surface area contributed by atoms with E-state index in [-0.39, 0.29) is 5.91 Å². The van der Waals surface area contributed by atoms with Gasteiger partial charge in [0.15, 0.2) is 0 Å². The van der Waals surface area contributed by atoms with Crippen LogP contribution in [0.15, 0.2) is 0 Å². The molecule has 1 aliphatic rings. The molecule has 0 N–H and O–H groups in total. The van der Waals surface area contributed by atoms with E-state index in [1.807, 2.05) is 25.7 Å². The highest BCUT2D eigenvalue weighted by Gasteiger charge is 2.21. The highest BCUT2D eigenvalue weighted by Crippen LogP contribution is 2.20. The number of amides is 1. The summed E-state index contributed by atoms with van der Waals surface area (Å²) in [5.41, 5.74) is 0. The first-order valence-corrected chi connectivity index (χ1v) is 10.4. The fourth-order valence-electron chi connectivity index (χ4n) is 2.71. The zero-order chi connectivity index (χ0) is 19.5. The van der Waals surface area contributed by atoms with Crippen molar-refractivity contribution in [2.75, 3.05) is 65.9 Å². The molecule has 1 aliphatic heterocycles. The van der Waals surface area contributed by atoms with Crippen molar-refractivity contribution in [2.24, 2.45) is 5.92 Å². The lowest BCUT2D eigenvalue weighted by Gasteiger charge is -2.31. The molecule has 0 spiro atoms. The Morgan fingerprint density at radius 2 is 1.27 bits per heavy atom. The monoisotopic (exact) mass is 375 g/mol. The van der Waals surface area contributed by atoms with Crippen LogP contribution in [0.1, 0.15) is 53.4 Å². The number of piperidine rings is 1. The summed E-state index contributed by atoms with van der Waals surface area (Å²) in [6.45, 7) is 14.6. The Hall–Kier alpha value is -0.690. The molecule has 0 atom stereocenters. The molecular formula is C20H41NO5. The number of hydrogen-bond donors (Lipinski definition) is 0. The summed E-state index contributed by atoms with van der Waals surface area (Å²) >= 11 is 0. The average Bonchev–Trinajstić information content (AvgIpc) is 2.70. The molecule has 0 aromatic rings. The fourth-order valence-corrected chi connectivity index (χ4v) is 2.71. The first kappa shape index (κ1) is 25.3. The maximum Gasteiger partial charge on any atom is 0.224 e. The van der Waals surface area contributed by atoms with Crippen LogP contribution in [-0.2, 0) is 23.7 Å². The summed E-state index contributed by atoms with van der Waals surface area (Å²) in [4.78, 5) is 14.0. The number of rotatable bonds is 14. The van der Waals surface area contributed by atoms with Gasteiger partial charge in [0, 0.05) is 19.7 Å². The van der Waals surface area contributed by atoms with Gasteiger partial charge in [-0.3, -0.25) is 4.79 Å². The summed E-state index contributed by atoms with van der Waals surface area (Å²) in [6, 6.07) is 0. The summed E-state index contributed by atoms with van der Waals surface area (Å²) in [6.07, 6.45) is 3.98. The van der Waals surface area contributed by atoms with Crippen molar-refractivity contribution >= 4 is 5.91 Å². The largest absolute Gasteiger partial charge is 0.379 e. The van der Waals surface area contributed by atoms with Gasteiger partial charge < -0.3 is 23.8 Å². The van der Waals surface area contributed by atoms with Crippen LogP contribution < -0.4 is 0 Å². The van der Waals surface area contributed by atoms with E-state index in [2.05, 4.69) is 6.92 Å². The lowest BCUT2D eigenvalue weighted by molar-refractivity contribution is -0.133. The molecule has 0 aromatic heterocycles. The topological polar surface area (TPSA) is 57.2 Å². The predicted molar refractivity (Wildman–Crippen MR) is 105 cm³/mol. The van der Waals surface area contributed by atoms with Crippen LogP contribution in [-0.4, -0.2) is 76.8 Å². The van der Waals surface area contributed by atoms with E-state index in [0.717, 1.165) is 38.5 Å². The normalized spacial score (nSPS) is 14.8. The molecule has 1 saturated heterocycles. The second-order valence-corrected chi connectivity index (χ2v) is 6.02. The van der Waals surface area contributed by atoms with Crippen LogP contribution in [0, 0.1) is 5.92 Å². The standard InChI is InChI=1S/C18H35NO5.C2H6/c1-3-17-5-8-19(9-6-17)18(20)7-10-22-13-14-24-16-15-23-12-11-21-4-2;1-2/h17H,3-16H2,1-2H3;1-2H3. The highest BCUT2D eigenvalue weighted by molar-refractivity contribution is 5.76. The summed E-state index contributed by atoms with van der Waals surface area (Å²) < 4.78 is 21.4. The van der Waals surface area contributed by atoms with Crippen LogP contribution in [0.4, 0.5) is 0 Å². The van der Waals surface area contributed by atoms with Crippen molar-refractivity contribution in [3.05, 3.63) is 0 Å². The Labute approximate surface area is 160 Å². The molecule has 0 aliphatic carbocycles. The number of likely N-dealkylation sites (tertiary alicyclic amines) is 1. The minimum atomic E-state index is 0.216. The fraction of sp³-hybridized carbons (Fsp3) is 0.950. The number of carbonyl (C=O) groups is 1. The molecule has 1 fully saturated rings. The van der Waals surface area contributed by atoms with Crippen LogP contribution in [0.5, 0.6) is 0 Å². The van der Waals surface area contributed by atoms with Gasteiger partial charge >= 0.3 is 0 Å². The lowest BCUT2D eigenvalue weighted by atomic mass is 9.94. The van der Waals surface area contributed by atoms with Crippen molar-refractivity contribution in [3.63, 3.8) is 0 Å². The Bertz CT molecular complexity index is 307. The van der Waals surface area contributed by atoms with Gasteiger partial charge in [-0.2, -0.15) is 0 Å². The lowest BCUT2D eigenvalue weighted by Crippen LogP contribution is -2.38. The third-order valence-corrected chi connectivity index (χ3v) is 4.33. The van der Waals surface area contributed by atoms with Gasteiger partial charge in [0.2, 0.25) is 5.91 Å². The van der Waals surface area contributed by atoms with Crippen molar-refractivity contribution in [1.82, 2.24) is 4.90 Å². The molecule has 0 aromatic carbocycles. The second kappa shape index (κ2) is 19.1. The minimum Gasteiger partial charge on any atom is -0.379 e. The van der Waals surface area contributed by atoms with E-state index in [9.17, 15) is 4.79 Å².